The van der Waals surface area contributed by atoms with Crippen molar-refractivity contribution in [1.82, 2.24) is 4.98 Å². The molecule has 0 bridgehead atoms. The smallest absolute Gasteiger partial charge is 0.0569 e. The third-order valence-corrected chi connectivity index (χ3v) is 1.03. The van der Waals surface area contributed by atoms with Gasteiger partial charge in [0.2, 0.25) is 0 Å². The lowest BCUT2D eigenvalue weighted by atomic mass is 10.3. The van der Waals surface area contributed by atoms with Crippen molar-refractivity contribution in [2.45, 2.75) is 25.6 Å². The maximum absolute atomic E-state index is 5.53. The second-order valence-corrected chi connectivity index (χ2v) is 5.05. The molecule has 1 atom stereocenters. The van der Waals surface area contributed by atoms with Gasteiger partial charge in [-0.1, -0.05) is 15.3 Å². The summed E-state index contributed by atoms with van der Waals surface area (Å²) in [6.45, 7) is 5.86. The van der Waals surface area contributed by atoms with Gasteiger partial charge < -0.3 is 0 Å². The summed E-state index contributed by atoms with van der Waals surface area (Å²) in [5.74, 6) is 0. The Morgan fingerprint density at radius 2 is 1.83 bits per heavy atom. The van der Waals surface area contributed by atoms with Crippen LogP contribution in [-0.4, -0.2) is 9.86 Å². The Balaban J connectivity index is 0.000000217. The molecule has 0 aromatic carbocycles. The molecule has 12 heavy (non-hydrogen) atoms. The molecule has 1 aromatic rings. The highest BCUT2D eigenvalue weighted by molar-refractivity contribution is 7.26. The minimum Gasteiger partial charge on any atom is -0.257 e. The van der Waals surface area contributed by atoms with E-state index in [1.165, 1.54) is 0 Å². The lowest BCUT2D eigenvalue weighted by Crippen LogP contribution is -1.99. The van der Waals surface area contributed by atoms with E-state index in [9.17, 15) is 0 Å². The number of hydrogen-bond acceptors (Lipinski definition) is 1. The molecular weight excluding hydrogens is 189 g/mol. The zero-order chi connectivity index (χ0) is 9.61. The Morgan fingerprint density at radius 3 is 2.00 bits per heavy atom. The molecule has 0 fully saturated rings. The first-order valence-electron chi connectivity index (χ1n) is 3.75. The van der Waals surface area contributed by atoms with Crippen molar-refractivity contribution in [2.24, 2.45) is 0 Å². The van der Waals surface area contributed by atoms with E-state index in [2.05, 4.69) is 14.2 Å². The van der Waals surface area contributed by atoms with Crippen molar-refractivity contribution >= 4 is 26.3 Å². The summed E-state index contributed by atoms with van der Waals surface area (Å²) in [5.41, 5.74) is 0.988. The third-order valence-electron chi connectivity index (χ3n) is 0.688. The van der Waals surface area contributed by atoms with Crippen LogP contribution in [0.15, 0.2) is 24.4 Å². The number of halogens is 1. The first-order valence-corrected chi connectivity index (χ1v) is 4.70. The van der Waals surface area contributed by atoms with E-state index < -0.39 is 0 Å². The predicted molar refractivity (Wildman–Crippen MR) is 59.2 cm³/mol. The fourth-order valence-corrected chi connectivity index (χ4v) is 0.573. The number of pyridine rings is 1. The molecule has 0 aliphatic heterocycles. The van der Waals surface area contributed by atoms with Crippen molar-refractivity contribution in [3.8, 4) is 0 Å². The summed E-state index contributed by atoms with van der Waals surface area (Å²) in [7, 11) is 2.52. The van der Waals surface area contributed by atoms with Gasteiger partial charge in [-0.05, 0) is 32.9 Å². The minimum atomic E-state index is -0.0278. The number of nitrogens with zero attached hydrogens (tertiary/aromatic N) is 1. The Kier molecular flexibility index (Phi) is 5.44. The molecule has 0 saturated carbocycles. The number of rotatable bonds is 0. The van der Waals surface area contributed by atoms with Gasteiger partial charge in [-0.3, -0.25) is 4.98 Å². The lowest BCUT2D eigenvalue weighted by molar-refractivity contribution is 0.788. The van der Waals surface area contributed by atoms with Gasteiger partial charge in [0.25, 0.3) is 0 Å². The van der Waals surface area contributed by atoms with Crippen LogP contribution in [0.4, 0.5) is 0 Å². The van der Waals surface area contributed by atoms with Crippen molar-refractivity contribution in [1.29, 1.82) is 0 Å². The van der Waals surface area contributed by atoms with Crippen LogP contribution in [0.25, 0.3) is 0 Å². The van der Waals surface area contributed by atoms with Crippen molar-refractivity contribution < 1.29 is 0 Å². The highest BCUT2D eigenvalue weighted by atomic mass is 35.5. The average molecular weight is 204 g/mol. The van der Waals surface area contributed by atoms with Crippen molar-refractivity contribution in [3.05, 3.63) is 24.4 Å². The summed E-state index contributed by atoms with van der Waals surface area (Å²) in [6.07, 6.45) is 1.77. The summed E-state index contributed by atoms with van der Waals surface area (Å²) < 4.78 is 0. The summed E-state index contributed by atoms with van der Waals surface area (Å²) in [5, 5.41) is 0. The van der Waals surface area contributed by atoms with E-state index in [0.717, 1.165) is 5.44 Å². The molecule has 0 radical (unpaired) electrons. The fourth-order valence-electron chi connectivity index (χ4n) is 0.376. The fraction of sp³-hybridized carbons (Fsp3) is 0.444. The maximum Gasteiger partial charge on any atom is 0.0569 e. The van der Waals surface area contributed by atoms with E-state index in [1.54, 1.807) is 6.20 Å². The summed E-state index contributed by atoms with van der Waals surface area (Å²) >= 11 is 5.53. The molecule has 1 heterocycles. The van der Waals surface area contributed by atoms with Crippen LogP contribution in [0.3, 0.4) is 0 Å². The van der Waals surface area contributed by atoms with Gasteiger partial charge >= 0.3 is 0 Å². The first-order chi connectivity index (χ1) is 5.39. The van der Waals surface area contributed by atoms with Crippen molar-refractivity contribution in [2.75, 3.05) is 0 Å². The summed E-state index contributed by atoms with van der Waals surface area (Å²) in [4.78, 5) is 3.91. The molecule has 1 unspecified atom stereocenters. The standard InChI is InChI=1S/C5H6NP.C4H9Cl/c7-5-3-1-2-4-6-5;1-4(2,3)5/h1-4H,7H2;1-3H3. The molecule has 3 heteroatoms. The Morgan fingerprint density at radius 1 is 1.33 bits per heavy atom. The van der Waals surface area contributed by atoms with Crippen LogP contribution in [0.2, 0.25) is 0 Å². The Hall–Kier alpha value is -0.130. The quantitative estimate of drug-likeness (QED) is 0.467. The summed E-state index contributed by atoms with van der Waals surface area (Å²) in [6, 6.07) is 5.79. The first kappa shape index (κ1) is 11.9. The lowest BCUT2D eigenvalue weighted by Gasteiger charge is -2.01. The molecule has 0 spiro atoms. The molecule has 0 amide bonds. The Labute approximate surface area is 81.7 Å². The van der Waals surface area contributed by atoms with Gasteiger partial charge in [-0.2, -0.15) is 0 Å². The zero-order valence-corrected chi connectivity index (χ0v) is 9.62. The molecule has 68 valence electrons. The number of hydrogen-bond donors (Lipinski definition) is 0. The van der Waals surface area contributed by atoms with Gasteiger partial charge in [0.15, 0.2) is 0 Å². The van der Waals surface area contributed by atoms with Crippen LogP contribution in [0.1, 0.15) is 20.8 Å². The molecule has 0 saturated heterocycles. The third kappa shape index (κ3) is 12.5. The van der Waals surface area contributed by atoms with Gasteiger partial charge in [0.05, 0.1) is 5.44 Å². The van der Waals surface area contributed by atoms with Gasteiger partial charge in [0.1, 0.15) is 0 Å². The topological polar surface area (TPSA) is 12.9 Å². The minimum absolute atomic E-state index is 0.0278. The van der Waals surface area contributed by atoms with Crippen LogP contribution in [0, 0.1) is 0 Å². The van der Waals surface area contributed by atoms with E-state index in [-0.39, 0.29) is 4.87 Å². The highest BCUT2D eigenvalue weighted by Gasteiger charge is 1.99. The second kappa shape index (κ2) is 5.50. The van der Waals surface area contributed by atoms with E-state index in [4.69, 9.17) is 11.6 Å². The number of alkyl halides is 1. The molecule has 0 aliphatic carbocycles. The Bertz CT molecular complexity index is 200. The van der Waals surface area contributed by atoms with Crippen LogP contribution in [0.5, 0.6) is 0 Å². The molecule has 1 aromatic heterocycles. The maximum atomic E-state index is 5.53. The zero-order valence-electron chi connectivity index (χ0n) is 7.71. The second-order valence-electron chi connectivity index (χ2n) is 3.32. The van der Waals surface area contributed by atoms with Crippen molar-refractivity contribution in [3.63, 3.8) is 0 Å². The van der Waals surface area contributed by atoms with Gasteiger partial charge in [0, 0.05) is 11.1 Å². The molecule has 0 aliphatic rings. The highest BCUT2D eigenvalue weighted by Crippen LogP contribution is 2.07. The van der Waals surface area contributed by atoms with E-state index in [0.29, 0.717) is 0 Å². The van der Waals surface area contributed by atoms with E-state index >= 15 is 0 Å². The van der Waals surface area contributed by atoms with Crippen LogP contribution < -0.4 is 5.44 Å². The molecule has 1 rings (SSSR count). The molecular formula is C9H15ClNP. The normalized spacial score (nSPS) is 10.1. The van der Waals surface area contributed by atoms with Gasteiger partial charge in [-0.15, -0.1) is 11.6 Å². The molecule has 0 N–H and O–H groups in total. The predicted octanol–water partition coefficient (Wildman–Crippen LogP) is 2.61. The average Bonchev–Trinajstić information content (AvgIpc) is 1.85. The van der Waals surface area contributed by atoms with Crippen LogP contribution >= 0.6 is 20.8 Å². The monoisotopic (exact) mass is 203 g/mol. The SMILES string of the molecule is CC(C)(C)Cl.Pc1ccccn1. The molecule has 1 nitrogen and oxygen atoms in total. The largest absolute Gasteiger partial charge is 0.257 e. The van der Waals surface area contributed by atoms with Crippen LogP contribution in [-0.2, 0) is 0 Å². The van der Waals surface area contributed by atoms with Gasteiger partial charge in [-0.25, -0.2) is 0 Å². The van der Waals surface area contributed by atoms with E-state index in [1.807, 2.05) is 39.0 Å². The number of aromatic nitrogens is 1.